The first kappa shape index (κ1) is 15.1. The average molecular weight is 279 g/mol. The summed E-state index contributed by atoms with van der Waals surface area (Å²) in [6.45, 7) is 4.49. The number of rotatable bonds is 5. The number of nitrogens with zero attached hydrogens (tertiary/aromatic N) is 2. The van der Waals surface area contributed by atoms with Gasteiger partial charge in [0.25, 0.3) is 0 Å². The molecule has 0 bridgehead atoms. The molecular weight excluding hydrogens is 254 g/mol. The Kier molecular flexibility index (Phi) is 5.20. The van der Waals surface area contributed by atoms with Gasteiger partial charge in [0.2, 0.25) is 5.91 Å². The molecule has 2 heterocycles. The van der Waals surface area contributed by atoms with Crippen molar-refractivity contribution < 1.29 is 9.21 Å². The molecular formula is C15H25N3O2. The SMILES string of the molecule is Cc1ccc(CN(C)C(=O)CN2CCCCC2CN)o1. The van der Waals surface area contributed by atoms with E-state index >= 15 is 0 Å². The van der Waals surface area contributed by atoms with E-state index in [1.54, 1.807) is 4.90 Å². The van der Waals surface area contributed by atoms with Crippen LogP contribution in [0.1, 0.15) is 30.8 Å². The van der Waals surface area contributed by atoms with E-state index in [1.165, 1.54) is 6.42 Å². The molecule has 1 aliphatic heterocycles. The average Bonchev–Trinajstić information content (AvgIpc) is 2.84. The van der Waals surface area contributed by atoms with Gasteiger partial charge >= 0.3 is 0 Å². The van der Waals surface area contributed by atoms with E-state index in [9.17, 15) is 4.79 Å². The van der Waals surface area contributed by atoms with E-state index in [2.05, 4.69) is 4.90 Å². The summed E-state index contributed by atoms with van der Waals surface area (Å²) in [6.07, 6.45) is 3.48. The van der Waals surface area contributed by atoms with E-state index in [0.29, 0.717) is 25.7 Å². The highest BCUT2D eigenvalue weighted by Gasteiger charge is 2.24. The third-order valence-corrected chi connectivity index (χ3v) is 3.97. The van der Waals surface area contributed by atoms with Crippen molar-refractivity contribution in [3.8, 4) is 0 Å². The smallest absolute Gasteiger partial charge is 0.236 e. The van der Waals surface area contributed by atoms with Gasteiger partial charge in [0, 0.05) is 19.6 Å². The number of piperidine rings is 1. The lowest BCUT2D eigenvalue weighted by Gasteiger charge is -2.35. The van der Waals surface area contributed by atoms with Gasteiger partial charge in [-0.1, -0.05) is 6.42 Å². The molecule has 1 amide bonds. The van der Waals surface area contributed by atoms with Crippen LogP contribution in [0.3, 0.4) is 0 Å². The number of amides is 1. The second-order valence-corrected chi connectivity index (χ2v) is 5.62. The van der Waals surface area contributed by atoms with E-state index in [4.69, 9.17) is 10.2 Å². The Morgan fingerprint density at radius 2 is 2.30 bits per heavy atom. The molecule has 0 saturated carbocycles. The molecule has 1 fully saturated rings. The summed E-state index contributed by atoms with van der Waals surface area (Å²) in [6, 6.07) is 4.19. The van der Waals surface area contributed by atoms with Crippen LogP contribution in [0, 0.1) is 6.92 Å². The van der Waals surface area contributed by atoms with Crippen LogP contribution in [0.25, 0.3) is 0 Å². The van der Waals surface area contributed by atoms with Crippen molar-refractivity contribution in [2.75, 3.05) is 26.7 Å². The molecule has 0 spiro atoms. The van der Waals surface area contributed by atoms with Crippen molar-refractivity contribution in [1.82, 2.24) is 9.80 Å². The summed E-state index contributed by atoms with van der Waals surface area (Å²) in [5.41, 5.74) is 5.79. The molecule has 1 aliphatic rings. The molecule has 5 heteroatoms. The van der Waals surface area contributed by atoms with Crippen LogP contribution in [0.5, 0.6) is 0 Å². The molecule has 112 valence electrons. The standard InChI is InChI=1S/C15H25N3O2/c1-12-6-7-14(20-12)10-17(2)15(19)11-18-8-4-3-5-13(18)9-16/h6-7,13H,3-5,8-11,16H2,1-2H3. The zero-order valence-electron chi connectivity index (χ0n) is 12.5. The molecule has 1 aromatic heterocycles. The van der Waals surface area contributed by atoms with Crippen molar-refractivity contribution in [1.29, 1.82) is 0 Å². The monoisotopic (exact) mass is 279 g/mol. The van der Waals surface area contributed by atoms with Crippen LogP contribution in [-0.4, -0.2) is 48.4 Å². The fourth-order valence-electron chi connectivity index (χ4n) is 2.72. The molecule has 20 heavy (non-hydrogen) atoms. The minimum absolute atomic E-state index is 0.124. The van der Waals surface area contributed by atoms with Crippen molar-refractivity contribution in [2.45, 2.75) is 38.8 Å². The number of furan rings is 1. The molecule has 1 aromatic rings. The van der Waals surface area contributed by atoms with Crippen LogP contribution >= 0.6 is 0 Å². The highest BCUT2D eigenvalue weighted by atomic mass is 16.3. The van der Waals surface area contributed by atoms with Crippen molar-refractivity contribution in [3.63, 3.8) is 0 Å². The lowest BCUT2D eigenvalue weighted by Crippen LogP contribution is -2.48. The largest absolute Gasteiger partial charge is 0.464 e. The highest BCUT2D eigenvalue weighted by Crippen LogP contribution is 2.16. The maximum absolute atomic E-state index is 12.3. The van der Waals surface area contributed by atoms with Gasteiger partial charge in [-0.05, 0) is 38.4 Å². The van der Waals surface area contributed by atoms with Crippen molar-refractivity contribution >= 4 is 5.91 Å². The van der Waals surface area contributed by atoms with Gasteiger partial charge in [-0.2, -0.15) is 0 Å². The minimum atomic E-state index is 0.124. The summed E-state index contributed by atoms with van der Waals surface area (Å²) < 4.78 is 5.51. The Balaban J connectivity index is 1.86. The summed E-state index contributed by atoms with van der Waals surface area (Å²) in [7, 11) is 1.82. The van der Waals surface area contributed by atoms with E-state index in [-0.39, 0.29) is 5.91 Å². The number of nitrogens with two attached hydrogens (primary N) is 1. The lowest BCUT2D eigenvalue weighted by atomic mass is 10.0. The molecule has 1 atom stereocenters. The number of aryl methyl sites for hydroxylation is 1. The molecule has 1 unspecified atom stereocenters. The predicted molar refractivity (Wildman–Crippen MR) is 78.2 cm³/mol. The number of likely N-dealkylation sites (tertiary alicyclic amines) is 1. The van der Waals surface area contributed by atoms with Gasteiger partial charge < -0.3 is 15.1 Å². The van der Waals surface area contributed by atoms with Gasteiger partial charge in [-0.25, -0.2) is 0 Å². The number of carbonyl (C=O) groups excluding carboxylic acids is 1. The Labute approximate surface area is 120 Å². The quantitative estimate of drug-likeness (QED) is 0.884. The summed E-state index contributed by atoms with van der Waals surface area (Å²) >= 11 is 0. The summed E-state index contributed by atoms with van der Waals surface area (Å²) in [5, 5.41) is 0. The highest BCUT2D eigenvalue weighted by molar-refractivity contribution is 5.78. The fraction of sp³-hybridized carbons (Fsp3) is 0.667. The van der Waals surface area contributed by atoms with Crippen LogP contribution in [-0.2, 0) is 11.3 Å². The van der Waals surface area contributed by atoms with E-state index in [1.807, 2.05) is 26.1 Å². The number of likely N-dealkylation sites (N-methyl/N-ethyl adjacent to an activating group) is 1. The molecule has 0 aliphatic carbocycles. The first-order valence-electron chi connectivity index (χ1n) is 7.33. The molecule has 2 N–H and O–H groups in total. The first-order chi connectivity index (χ1) is 9.60. The fourth-order valence-corrected chi connectivity index (χ4v) is 2.72. The Hall–Kier alpha value is -1.33. The maximum Gasteiger partial charge on any atom is 0.236 e. The van der Waals surface area contributed by atoms with Gasteiger partial charge in [0.1, 0.15) is 11.5 Å². The van der Waals surface area contributed by atoms with Crippen molar-refractivity contribution in [3.05, 3.63) is 23.7 Å². The lowest BCUT2D eigenvalue weighted by molar-refractivity contribution is -0.132. The zero-order valence-corrected chi connectivity index (χ0v) is 12.5. The predicted octanol–water partition coefficient (Wildman–Crippen LogP) is 1.36. The van der Waals surface area contributed by atoms with E-state index < -0.39 is 0 Å². The van der Waals surface area contributed by atoms with Gasteiger partial charge in [0.15, 0.2) is 0 Å². The molecule has 5 nitrogen and oxygen atoms in total. The van der Waals surface area contributed by atoms with Crippen molar-refractivity contribution in [2.24, 2.45) is 5.73 Å². The van der Waals surface area contributed by atoms with Gasteiger partial charge in [-0.15, -0.1) is 0 Å². The number of carbonyl (C=O) groups is 1. The summed E-state index contributed by atoms with van der Waals surface area (Å²) in [5.74, 6) is 1.83. The van der Waals surface area contributed by atoms with Crippen LogP contribution < -0.4 is 5.73 Å². The molecule has 0 radical (unpaired) electrons. The second kappa shape index (κ2) is 6.90. The van der Waals surface area contributed by atoms with Crippen LogP contribution in [0.4, 0.5) is 0 Å². The zero-order chi connectivity index (χ0) is 14.5. The molecule has 1 saturated heterocycles. The Morgan fingerprint density at radius 1 is 1.50 bits per heavy atom. The topological polar surface area (TPSA) is 62.7 Å². The maximum atomic E-state index is 12.3. The van der Waals surface area contributed by atoms with Gasteiger partial charge in [0.05, 0.1) is 13.1 Å². The van der Waals surface area contributed by atoms with E-state index in [0.717, 1.165) is 30.9 Å². The Bertz CT molecular complexity index is 444. The second-order valence-electron chi connectivity index (χ2n) is 5.62. The number of hydrogen-bond acceptors (Lipinski definition) is 4. The third-order valence-electron chi connectivity index (χ3n) is 3.97. The molecule has 2 rings (SSSR count). The normalized spacial score (nSPS) is 20.1. The van der Waals surface area contributed by atoms with Gasteiger partial charge in [-0.3, -0.25) is 9.69 Å². The molecule has 0 aromatic carbocycles. The number of hydrogen-bond donors (Lipinski definition) is 1. The Morgan fingerprint density at radius 3 is 2.95 bits per heavy atom. The van der Waals surface area contributed by atoms with Crippen LogP contribution in [0.15, 0.2) is 16.5 Å². The summed E-state index contributed by atoms with van der Waals surface area (Å²) in [4.78, 5) is 16.2. The van der Waals surface area contributed by atoms with Crippen LogP contribution in [0.2, 0.25) is 0 Å². The third kappa shape index (κ3) is 3.84. The minimum Gasteiger partial charge on any atom is -0.464 e. The first-order valence-corrected chi connectivity index (χ1v) is 7.33.